The van der Waals surface area contributed by atoms with Gasteiger partial charge in [0.25, 0.3) is 11.8 Å². The number of rotatable bonds is 6. The largest absolute Gasteiger partial charge is 0.364 e. The number of pyridine rings is 1. The van der Waals surface area contributed by atoms with E-state index >= 15 is 0 Å². The lowest BCUT2D eigenvalue weighted by Gasteiger charge is -2.22. The Labute approximate surface area is 219 Å². The number of amides is 2. The van der Waals surface area contributed by atoms with E-state index in [0.29, 0.717) is 34.0 Å². The van der Waals surface area contributed by atoms with Crippen LogP contribution in [0.3, 0.4) is 0 Å². The molecule has 0 saturated carbocycles. The van der Waals surface area contributed by atoms with Gasteiger partial charge in [-0.2, -0.15) is 5.26 Å². The van der Waals surface area contributed by atoms with E-state index < -0.39 is 5.91 Å². The van der Waals surface area contributed by atoms with E-state index in [9.17, 15) is 9.59 Å². The Morgan fingerprint density at radius 3 is 2.42 bits per heavy atom. The summed E-state index contributed by atoms with van der Waals surface area (Å²) < 4.78 is 1.27. The lowest BCUT2D eigenvalue weighted by atomic mass is 10.0. The lowest BCUT2D eigenvalue weighted by molar-refractivity contribution is 0.0991. The van der Waals surface area contributed by atoms with Crippen LogP contribution in [0.5, 0.6) is 0 Å². The summed E-state index contributed by atoms with van der Waals surface area (Å²) in [4.78, 5) is 34.1. The Balaban J connectivity index is 1.35. The molecule has 0 unspecified atom stereocenters. The summed E-state index contributed by atoms with van der Waals surface area (Å²) in [5.74, 6) is 6.17. The molecule has 1 saturated heterocycles. The molecular formula is C28H26N8O2. The van der Waals surface area contributed by atoms with Crippen molar-refractivity contribution in [1.29, 1.82) is 5.26 Å². The number of nitrogens with two attached hydrogens (primary N) is 2. The number of nitrogens with one attached hydrogen (secondary N) is 2. The first kappa shape index (κ1) is 24.7. The number of nitriles is 1. The van der Waals surface area contributed by atoms with Crippen molar-refractivity contribution >= 4 is 17.6 Å². The van der Waals surface area contributed by atoms with Gasteiger partial charge in [0.05, 0.1) is 17.7 Å². The van der Waals surface area contributed by atoms with Crippen LogP contribution in [-0.4, -0.2) is 33.0 Å². The van der Waals surface area contributed by atoms with Crippen molar-refractivity contribution < 1.29 is 9.59 Å². The van der Waals surface area contributed by atoms with Crippen LogP contribution in [0, 0.1) is 11.3 Å². The zero-order valence-electron chi connectivity index (χ0n) is 20.5. The summed E-state index contributed by atoms with van der Waals surface area (Å²) >= 11 is 0. The molecule has 38 heavy (non-hydrogen) atoms. The zero-order valence-corrected chi connectivity index (χ0v) is 20.5. The molecule has 10 nitrogen and oxygen atoms in total. The molecule has 1 aliphatic rings. The standard InChI is InChI=1S/C28H26N8O2/c29-16-17-4-6-18(7-5-17)21-12-14-33-23(15-21)34-28(38)20-10-8-19(9-11-20)24-25(26(30)37)36(31)27(35-24)22-3-1-2-13-32-22/h4-12,14-15,22,32H,1-3,13,31H2,(H2,30,37)(H,33,34,38)/t22-/m0/s1. The minimum atomic E-state index is -0.674. The van der Waals surface area contributed by atoms with Gasteiger partial charge in [-0.25, -0.2) is 14.6 Å². The first-order valence-corrected chi connectivity index (χ1v) is 12.2. The van der Waals surface area contributed by atoms with Crippen LogP contribution < -0.4 is 22.2 Å². The maximum atomic E-state index is 12.9. The van der Waals surface area contributed by atoms with Gasteiger partial charge in [0, 0.05) is 17.3 Å². The molecule has 2 amide bonds. The number of carbonyl (C=O) groups excluding carboxylic acids is 2. The number of aromatic nitrogens is 3. The van der Waals surface area contributed by atoms with Crippen molar-refractivity contribution in [3.05, 3.63) is 89.5 Å². The van der Waals surface area contributed by atoms with Crippen LogP contribution in [0.1, 0.15) is 57.5 Å². The second-order valence-corrected chi connectivity index (χ2v) is 9.05. The van der Waals surface area contributed by atoms with Crippen molar-refractivity contribution in [1.82, 2.24) is 20.0 Å². The van der Waals surface area contributed by atoms with Crippen molar-refractivity contribution in [2.24, 2.45) is 5.73 Å². The van der Waals surface area contributed by atoms with Crippen LogP contribution >= 0.6 is 0 Å². The molecule has 6 N–H and O–H groups in total. The van der Waals surface area contributed by atoms with E-state index in [-0.39, 0.29) is 17.6 Å². The second-order valence-electron chi connectivity index (χ2n) is 9.05. The lowest BCUT2D eigenvalue weighted by Crippen LogP contribution is -2.32. The third-order valence-corrected chi connectivity index (χ3v) is 6.56. The van der Waals surface area contributed by atoms with Crippen molar-refractivity contribution in [2.45, 2.75) is 25.3 Å². The molecule has 0 radical (unpaired) electrons. The van der Waals surface area contributed by atoms with Gasteiger partial charge in [0.1, 0.15) is 17.3 Å². The van der Waals surface area contributed by atoms with Gasteiger partial charge in [-0.1, -0.05) is 30.7 Å². The number of imidazole rings is 1. The molecule has 10 heteroatoms. The van der Waals surface area contributed by atoms with E-state index in [2.05, 4.69) is 26.7 Å². The molecule has 1 atom stereocenters. The quantitative estimate of drug-likeness (QED) is 0.291. The van der Waals surface area contributed by atoms with E-state index in [0.717, 1.165) is 36.9 Å². The molecule has 2 aromatic heterocycles. The van der Waals surface area contributed by atoms with Crippen molar-refractivity contribution in [3.63, 3.8) is 0 Å². The molecule has 1 fully saturated rings. The Morgan fingerprint density at radius 2 is 1.76 bits per heavy atom. The fourth-order valence-corrected chi connectivity index (χ4v) is 4.59. The minimum absolute atomic E-state index is 0.0572. The van der Waals surface area contributed by atoms with Crippen molar-refractivity contribution in [2.75, 3.05) is 17.7 Å². The van der Waals surface area contributed by atoms with E-state index in [1.807, 2.05) is 18.2 Å². The Hall–Kier alpha value is -5.01. The summed E-state index contributed by atoms with van der Waals surface area (Å²) in [7, 11) is 0. The number of hydrogen-bond donors (Lipinski definition) is 4. The molecule has 0 aliphatic carbocycles. The number of carbonyl (C=O) groups is 2. The summed E-state index contributed by atoms with van der Waals surface area (Å²) in [6.07, 6.45) is 4.60. The predicted octanol–water partition coefficient (Wildman–Crippen LogP) is 3.36. The first-order valence-electron chi connectivity index (χ1n) is 12.2. The fraction of sp³-hybridized carbons (Fsp3) is 0.179. The molecule has 0 spiro atoms. The van der Waals surface area contributed by atoms with Crippen LogP contribution in [0.15, 0.2) is 66.9 Å². The highest BCUT2D eigenvalue weighted by Crippen LogP contribution is 2.29. The predicted molar refractivity (Wildman–Crippen MR) is 143 cm³/mol. The summed E-state index contributed by atoms with van der Waals surface area (Å²) in [6, 6.07) is 19.5. The van der Waals surface area contributed by atoms with Gasteiger partial charge in [-0.3, -0.25) is 9.59 Å². The van der Waals surface area contributed by atoms with Crippen LogP contribution in [0.25, 0.3) is 22.4 Å². The minimum Gasteiger partial charge on any atom is -0.364 e. The Bertz CT molecular complexity index is 1530. The normalized spacial score (nSPS) is 15.0. The number of nitrogen functional groups attached to an aromatic ring is 1. The molecule has 2 aromatic carbocycles. The van der Waals surface area contributed by atoms with Gasteiger partial charge in [-0.15, -0.1) is 0 Å². The van der Waals surface area contributed by atoms with Crippen LogP contribution in [0.2, 0.25) is 0 Å². The molecular weight excluding hydrogens is 480 g/mol. The molecule has 0 bridgehead atoms. The highest BCUT2D eigenvalue weighted by molar-refractivity contribution is 6.04. The van der Waals surface area contributed by atoms with Crippen molar-refractivity contribution in [3.8, 4) is 28.5 Å². The first-order chi connectivity index (χ1) is 18.4. The highest BCUT2D eigenvalue weighted by Gasteiger charge is 2.27. The smallest absolute Gasteiger partial charge is 0.269 e. The Morgan fingerprint density at radius 1 is 1.03 bits per heavy atom. The van der Waals surface area contributed by atoms with Crippen LogP contribution in [-0.2, 0) is 0 Å². The number of nitrogens with zero attached hydrogens (tertiary/aromatic N) is 4. The summed E-state index contributed by atoms with van der Waals surface area (Å²) in [6.45, 7) is 0.855. The average molecular weight is 507 g/mol. The molecule has 5 rings (SSSR count). The van der Waals surface area contributed by atoms with Crippen LogP contribution in [0.4, 0.5) is 5.82 Å². The fourth-order valence-electron chi connectivity index (χ4n) is 4.59. The van der Waals surface area contributed by atoms with Gasteiger partial charge in [0.2, 0.25) is 0 Å². The van der Waals surface area contributed by atoms with E-state index in [1.54, 1.807) is 48.7 Å². The number of benzene rings is 2. The topological polar surface area (TPSA) is 165 Å². The second kappa shape index (κ2) is 10.5. The third-order valence-electron chi connectivity index (χ3n) is 6.56. The van der Waals surface area contributed by atoms with Gasteiger partial charge < -0.3 is 22.2 Å². The molecule has 190 valence electrons. The number of hydrogen-bond acceptors (Lipinski definition) is 7. The highest BCUT2D eigenvalue weighted by atomic mass is 16.2. The summed E-state index contributed by atoms with van der Waals surface area (Å²) in [5, 5.41) is 15.2. The molecule has 3 heterocycles. The maximum absolute atomic E-state index is 12.9. The number of piperidine rings is 1. The SMILES string of the molecule is N#Cc1ccc(-c2ccnc(NC(=O)c3ccc(-c4nc([C@@H]5CCCCN5)n(N)c4C(N)=O)cc3)c2)cc1. The molecule has 1 aliphatic heterocycles. The summed E-state index contributed by atoms with van der Waals surface area (Å²) in [5.41, 5.74) is 9.50. The van der Waals surface area contributed by atoms with E-state index in [1.165, 1.54) is 4.68 Å². The van der Waals surface area contributed by atoms with Gasteiger partial charge in [0.15, 0.2) is 5.69 Å². The number of primary amides is 1. The third kappa shape index (κ3) is 4.96. The van der Waals surface area contributed by atoms with Gasteiger partial charge >= 0.3 is 0 Å². The maximum Gasteiger partial charge on any atom is 0.269 e. The average Bonchev–Trinajstić information content (AvgIpc) is 3.31. The Kier molecular flexibility index (Phi) is 6.84. The van der Waals surface area contributed by atoms with E-state index in [4.69, 9.17) is 16.8 Å². The van der Waals surface area contributed by atoms with Gasteiger partial charge in [-0.05, 0) is 66.9 Å². The zero-order chi connectivity index (χ0) is 26.6. The molecule has 4 aromatic rings. The number of anilines is 1. The monoisotopic (exact) mass is 506 g/mol.